The molecule has 1 unspecified atom stereocenters. The van der Waals surface area contributed by atoms with Crippen LogP contribution in [0.25, 0.3) is 0 Å². The summed E-state index contributed by atoms with van der Waals surface area (Å²) in [6.07, 6.45) is 0. The van der Waals surface area contributed by atoms with E-state index in [4.69, 9.17) is 9.47 Å². The van der Waals surface area contributed by atoms with Crippen molar-refractivity contribution in [3.8, 4) is 0 Å². The van der Waals surface area contributed by atoms with Crippen LogP contribution in [0.2, 0.25) is 0 Å². The summed E-state index contributed by atoms with van der Waals surface area (Å²) in [6, 6.07) is 0. The first-order valence-electron chi connectivity index (χ1n) is 5.26. The predicted molar refractivity (Wildman–Crippen MR) is 59.8 cm³/mol. The summed E-state index contributed by atoms with van der Waals surface area (Å²) in [7, 11) is 1.67. The third-order valence-electron chi connectivity index (χ3n) is 1.63. The lowest BCUT2D eigenvalue weighted by atomic mass is 10.2. The summed E-state index contributed by atoms with van der Waals surface area (Å²) in [5.74, 6) is 0.185. The maximum atomic E-state index is 11.3. The zero-order chi connectivity index (χ0) is 11.9. The highest BCUT2D eigenvalue weighted by molar-refractivity contribution is 5.72. The molecule has 0 saturated heterocycles. The first kappa shape index (κ1) is 14.4. The summed E-state index contributed by atoms with van der Waals surface area (Å²) in [5, 5.41) is 3.04. The van der Waals surface area contributed by atoms with Crippen molar-refractivity contribution in [3.05, 3.63) is 0 Å². The Labute approximate surface area is 92.3 Å². The molecule has 0 fully saturated rings. The zero-order valence-corrected chi connectivity index (χ0v) is 10.4. The molecular weight excluding hydrogens is 194 g/mol. The summed E-state index contributed by atoms with van der Waals surface area (Å²) in [6.45, 7) is 9.35. The van der Waals surface area contributed by atoms with Gasteiger partial charge in [-0.1, -0.05) is 6.92 Å². The van der Waals surface area contributed by atoms with Crippen molar-refractivity contribution in [2.24, 2.45) is 5.92 Å². The molecule has 0 spiro atoms. The molecule has 1 atom stereocenters. The third-order valence-corrected chi connectivity index (χ3v) is 1.63. The lowest BCUT2D eigenvalue weighted by Gasteiger charge is -2.20. The lowest BCUT2D eigenvalue weighted by Crippen LogP contribution is -2.34. The minimum absolute atomic E-state index is 0.216. The van der Waals surface area contributed by atoms with Crippen molar-refractivity contribution in [1.29, 1.82) is 0 Å². The molecular formula is C11H23NO3. The van der Waals surface area contributed by atoms with Gasteiger partial charge in [0.25, 0.3) is 0 Å². The first-order valence-corrected chi connectivity index (χ1v) is 5.26. The number of carbonyl (C=O) groups excluding carboxylic acids is 1. The standard InChI is InChI=1S/C11H23NO3/c1-9(8-14-5)6-12-7-10(13)15-11(2,3)4/h9,12H,6-8H2,1-5H3. The topological polar surface area (TPSA) is 47.6 Å². The Morgan fingerprint density at radius 2 is 2.00 bits per heavy atom. The first-order chi connectivity index (χ1) is 6.85. The molecule has 4 heteroatoms. The van der Waals surface area contributed by atoms with Crippen LogP contribution in [0.1, 0.15) is 27.7 Å². The molecule has 0 aliphatic heterocycles. The van der Waals surface area contributed by atoms with Crippen LogP contribution in [0.4, 0.5) is 0 Å². The van der Waals surface area contributed by atoms with E-state index in [9.17, 15) is 4.79 Å². The minimum Gasteiger partial charge on any atom is -0.459 e. The molecule has 0 saturated carbocycles. The number of methoxy groups -OCH3 is 1. The number of hydrogen-bond donors (Lipinski definition) is 1. The van der Waals surface area contributed by atoms with E-state index in [2.05, 4.69) is 12.2 Å². The van der Waals surface area contributed by atoms with Crippen LogP contribution >= 0.6 is 0 Å². The van der Waals surface area contributed by atoms with E-state index in [1.807, 2.05) is 20.8 Å². The van der Waals surface area contributed by atoms with Crippen molar-refractivity contribution in [1.82, 2.24) is 5.32 Å². The molecule has 0 aromatic rings. The highest BCUT2D eigenvalue weighted by atomic mass is 16.6. The molecule has 0 amide bonds. The van der Waals surface area contributed by atoms with Crippen LogP contribution in [0.5, 0.6) is 0 Å². The summed E-state index contributed by atoms with van der Waals surface area (Å²) in [5.41, 5.74) is -0.406. The van der Waals surface area contributed by atoms with Gasteiger partial charge >= 0.3 is 5.97 Å². The molecule has 1 N–H and O–H groups in total. The lowest BCUT2D eigenvalue weighted by molar-refractivity contribution is -0.153. The van der Waals surface area contributed by atoms with Crippen molar-refractivity contribution in [2.45, 2.75) is 33.3 Å². The Morgan fingerprint density at radius 3 is 2.47 bits per heavy atom. The normalized spacial score (nSPS) is 13.7. The minimum atomic E-state index is -0.406. The quantitative estimate of drug-likeness (QED) is 0.679. The molecule has 90 valence electrons. The number of nitrogens with one attached hydrogen (secondary N) is 1. The maximum absolute atomic E-state index is 11.3. The Hall–Kier alpha value is -0.610. The Bertz CT molecular complexity index is 187. The van der Waals surface area contributed by atoms with E-state index in [0.717, 1.165) is 6.54 Å². The van der Waals surface area contributed by atoms with Gasteiger partial charge in [-0.05, 0) is 26.7 Å². The van der Waals surface area contributed by atoms with Gasteiger partial charge in [0.15, 0.2) is 0 Å². The van der Waals surface area contributed by atoms with Crippen LogP contribution in [0, 0.1) is 5.92 Å². The second kappa shape index (κ2) is 6.80. The maximum Gasteiger partial charge on any atom is 0.320 e. The molecule has 0 aliphatic rings. The van der Waals surface area contributed by atoms with E-state index in [1.165, 1.54) is 0 Å². The molecule has 0 aromatic carbocycles. The van der Waals surface area contributed by atoms with E-state index in [0.29, 0.717) is 12.5 Å². The van der Waals surface area contributed by atoms with Crippen LogP contribution < -0.4 is 5.32 Å². The summed E-state index contributed by atoms with van der Waals surface area (Å²) in [4.78, 5) is 11.3. The molecule has 4 nitrogen and oxygen atoms in total. The van der Waals surface area contributed by atoms with Gasteiger partial charge in [0.05, 0.1) is 6.54 Å². The van der Waals surface area contributed by atoms with E-state index >= 15 is 0 Å². The highest BCUT2D eigenvalue weighted by Gasteiger charge is 2.15. The summed E-state index contributed by atoms with van der Waals surface area (Å²) < 4.78 is 10.1. The van der Waals surface area contributed by atoms with Crippen LogP contribution in [0.15, 0.2) is 0 Å². The largest absolute Gasteiger partial charge is 0.459 e. The Kier molecular flexibility index (Phi) is 6.52. The third kappa shape index (κ3) is 9.69. The smallest absolute Gasteiger partial charge is 0.320 e. The average molecular weight is 217 g/mol. The molecule has 0 heterocycles. The van der Waals surface area contributed by atoms with Gasteiger partial charge in [-0.25, -0.2) is 0 Å². The van der Waals surface area contributed by atoms with Gasteiger partial charge in [0, 0.05) is 20.3 Å². The van der Waals surface area contributed by atoms with Gasteiger partial charge < -0.3 is 14.8 Å². The second-order valence-corrected chi connectivity index (χ2v) is 4.78. The number of carbonyl (C=O) groups is 1. The fraction of sp³-hybridized carbons (Fsp3) is 0.909. The van der Waals surface area contributed by atoms with Gasteiger partial charge in [0.2, 0.25) is 0 Å². The van der Waals surface area contributed by atoms with Crippen molar-refractivity contribution in [3.63, 3.8) is 0 Å². The number of hydrogen-bond acceptors (Lipinski definition) is 4. The molecule has 0 rings (SSSR count). The molecule has 0 radical (unpaired) electrons. The Morgan fingerprint density at radius 1 is 1.40 bits per heavy atom. The molecule has 0 aromatic heterocycles. The number of ether oxygens (including phenoxy) is 2. The van der Waals surface area contributed by atoms with Gasteiger partial charge in [-0.2, -0.15) is 0 Å². The second-order valence-electron chi connectivity index (χ2n) is 4.78. The van der Waals surface area contributed by atoms with E-state index < -0.39 is 5.60 Å². The van der Waals surface area contributed by atoms with Crippen molar-refractivity contribution in [2.75, 3.05) is 26.8 Å². The average Bonchev–Trinajstić information content (AvgIpc) is 2.00. The Balaban J connectivity index is 3.55. The van der Waals surface area contributed by atoms with E-state index in [1.54, 1.807) is 7.11 Å². The predicted octanol–water partition coefficient (Wildman–Crippen LogP) is 1.20. The number of rotatable bonds is 6. The van der Waals surface area contributed by atoms with Crippen LogP contribution in [-0.2, 0) is 14.3 Å². The van der Waals surface area contributed by atoms with Crippen molar-refractivity contribution >= 4 is 5.97 Å². The molecule has 15 heavy (non-hydrogen) atoms. The van der Waals surface area contributed by atoms with E-state index in [-0.39, 0.29) is 12.5 Å². The van der Waals surface area contributed by atoms with Crippen LogP contribution in [-0.4, -0.2) is 38.4 Å². The SMILES string of the molecule is COCC(C)CNCC(=O)OC(C)(C)C. The summed E-state index contributed by atoms with van der Waals surface area (Å²) >= 11 is 0. The number of esters is 1. The zero-order valence-electron chi connectivity index (χ0n) is 10.4. The fourth-order valence-corrected chi connectivity index (χ4v) is 1.14. The van der Waals surface area contributed by atoms with Crippen LogP contribution in [0.3, 0.4) is 0 Å². The molecule has 0 aliphatic carbocycles. The van der Waals surface area contributed by atoms with Gasteiger partial charge in [0.1, 0.15) is 5.60 Å². The van der Waals surface area contributed by atoms with Crippen molar-refractivity contribution < 1.29 is 14.3 Å². The van der Waals surface area contributed by atoms with Gasteiger partial charge in [-0.15, -0.1) is 0 Å². The monoisotopic (exact) mass is 217 g/mol. The van der Waals surface area contributed by atoms with Gasteiger partial charge in [-0.3, -0.25) is 4.79 Å². The highest BCUT2D eigenvalue weighted by Crippen LogP contribution is 2.06. The molecule has 0 bridgehead atoms. The fourth-order valence-electron chi connectivity index (χ4n) is 1.14.